The Labute approximate surface area is 89.9 Å². The molecule has 0 aliphatic heterocycles. The minimum atomic E-state index is -1.20. The summed E-state index contributed by atoms with van der Waals surface area (Å²) in [7, 11) is 0. The number of benzene rings is 1. The third-order valence-corrected chi connectivity index (χ3v) is 3.49. The first kappa shape index (κ1) is 10.4. The second kappa shape index (κ2) is 2.92. The van der Waals surface area contributed by atoms with Crippen molar-refractivity contribution in [3.05, 3.63) is 33.9 Å². The van der Waals surface area contributed by atoms with E-state index in [0.29, 0.717) is 6.42 Å². The van der Waals surface area contributed by atoms with Crippen LogP contribution in [0.1, 0.15) is 39.5 Å². The third-order valence-electron chi connectivity index (χ3n) is 3.49. The van der Waals surface area contributed by atoms with Crippen LogP contribution in [0, 0.1) is 20.8 Å². The number of carbonyl (C=O) groups excluding carboxylic acids is 1. The van der Waals surface area contributed by atoms with Crippen LogP contribution in [0.4, 0.5) is 0 Å². The Bertz CT molecular complexity index is 456. The number of aliphatic hydroxyl groups is 1. The van der Waals surface area contributed by atoms with Crippen molar-refractivity contribution in [2.75, 3.05) is 0 Å². The van der Waals surface area contributed by atoms with Gasteiger partial charge < -0.3 is 5.11 Å². The summed E-state index contributed by atoms with van der Waals surface area (Å²) in [5.74, 6) is -0.127. The Hall–Kier alpha value is -1.15. The maximum atomic E-state index is 12.0. The van der Waals surface area contributed by atoms with Gasteiger partial charge in [0.2, 0.25) is 0 Å². The largest absolute Gasteiger partial charge is 0.382 e. The normalized spacial score (nSPS) is 24.5. The fraction of sp³-hybridized carbons (Fsp3) is 0.462. The van der Waals surface area contributed by atoms with Gasteiger partial charge in [-0.1, -0.05) is 6.07 Å². The molecule has 0 spiro atoms. The highest BCUT2D eigenvalue weighted by Crippen LogP contribution is 2.34. The van der Waals surface area contributed by atoms with E-state index < -0.39 is 5.60 Å². The molecule has 0 fully saturated rings. The molecular formula is C13H16O2. The molecule has 1 aliphatic rings. The highest BCUT2D eigenvalue weighted by Gasteiger charge is 2.41. The molecule has 0 unspecified atom stereocenters. The molecule has 1 aromatic rings. The molecule has 2 rings (SSSR count). The van der Waals surface area contributed by atoms with Crippen LogP contribution in [0.3, 0.4) is 0 Å². The van der Waals surface area contributed by atoms with Gasteiger partial charge in [0, 0.05) is 12.0 Å². The van der Waals surface area contributed by atoms with E-state index in [4.69, 9.17) is 0 Å². The average molecular weight is 204 g/mol. The van der Waals surface area contributed by atoms with Gasteiger partial charge in [0.25, 0.3) is 0 Å². The Kier molecular flexibility index (Phi) is 2.02. The standard InChI is InChI=1S/C13H16O2/c1-7-5-10-6-13(4,15)12(14)11(10)9(3)8(7)2/h5,15H,6H2,1-4H3/t13-/m1/s1. The molecule has 15 heavy (non-hydrogen) atoms. The molecule has 80 valence electrons. The number of carbonyl (C=O) groups is 1. The molecular weight excluding hydrogens is 188 g/mol. The molecule has 0 saturated carbocycles. The zero-order valence-corrected chi connectivity index (χ0v) is 9.64. The van der Waals surface area contributed by atoms with Crippen LogP contribution in [0.25, 0.3) is 0 Å². The van der Waals surface area contributed by atoms with Crippen molar-refractivity contribution >= 4 is 5.78 Å². The maximum absolute atomic E-state index is 12.0. The summed E-state index contributed by atoms with van der Waals surface area (Å²) in [4.78, 5) is 12.0. The molecule has 1 atom stereocenters. The summed E-state index contributed by atoms with van der Waals surface area (Å²) in [5.41, 5.74) is 3.89. The lowest BCUT2D eigenvalue weighted by molar-refractivity contribution is 0.0461. The molecule has 0 saturated heterocycles. The van der Waals surface area contributed by atoms with E-state index in [2.05, 4.69) is 0 Å². The number of aryl methyl sites for hydroxylation is 1. The summed E-state index contributed by atoms with van der Waals surface area (Å²) in [6.07, 6.45) is 0.448. The zero-order chi connectivity index (χ0) is 11.4. The second-order valence-electron chi connectivity index (χ2n) is 4.76. The Morgan fingerprint density at radius 3 is 2.47 bits per heavy atom. The van der Waals surface area contributed by atoms with Gasteiger partial charge in [0.05, 0.1) is 0 Å². The van der Waals surface area contributed by atoms with Gasteiger partial charge >= 0.3 is 0 Å². The first-order valence-corrected chi connectivity index (χ1v) is 5.21. The molecule has 0 heterocycles. The van der Waals surface area contributed by atoms with E-state index in [9.17, 15) is 9.90 Å². The summed E-state index contributed by atoms with van der Waals surface area (Å²) < 4.78 is 0. The van der Waals surface area contributed by atoms with Crippen LogP contribution >= 0.6 is 0 Å². The van der Waals surface area contributed by atoms with Crippen molar-refractivity contribution in [3.8, 4) is 0 Å². The van der Waals surface area contributed by atoms with E-state index in [1.165, 1.54) is 5.56 Å². The summed E-state index contributed by atoms with van der Waals surface area (Å²) in [5, 5.41) is 9.94. The average Bonchev–Trinajstić information content (AvgIpc) is 2.34. The predicted octanol–water partition coefficient (Wildman–Crippen LogP) is 2.10. The van der Waals surface area contributed by atoms with Crippen LogP contribution in [0.15, 0.2) is 6.07 Å². The fourth-order valence-corrected chi connectivity index (χ4v) is 2.34. The highest BCUT2D eigenvalue weighted by atomic mass is 16.3. The first-order valence-electron chi connectivity index (χ1n) is 5.21. The van der Waals surface area contributed by atoms with Crippen LogP contribution in [0.2, 0.25) is 0 Å². The van der Waals surface area contributed by atoms with Gasteiger partial charge in [0.1, 0.15) is 5.60 Å². The van der Waals surface area contributed by atoms with Gasteiger partial charge in [-0.2, -0.15) is 0 Å². The van der Waals surface area contributed by atoms with E-state index in [-0.39, 0.29) is 5.78 Å². The lowest BCUT2D eigenvalue weighted by atomic mass is 9.95. The van der Waals surface area contributed by atoms with Crippen LogP contribution < -0.4 is 0 Å². The fourth-order valence-electron chi connectivity index (χ4n) is 2.34. The summed E-state index contributed by atoms with van der Waals surface area (Å²) in [6, 6.07) is 2.02. The maximum Gasteiger partial charge on any atom is 0.194 e. The smallest absolute Gasteiger partial charge is 0.194 e. The highest BCUT2D eigenvalue weighted by molar-refractivity contribution is 6.07. The van der Waals surface area contributed by atoms with E-state index in [1.807, 2.05) is 26.8 Å². The van der Waals surface area contributed by atoms with Gasteiger partial charge in [0.15, 0.2) is 5.78 Å². The molecule has 0 amide bonds. The predicted molar refractivity (Wildman–Crippen MR) is 59.3 cm³/mol. The Balaban J connectivity index is 2.72. The van der Waals surface area contributed by atoms with Gasteiger partial charge in [-0.25, -0.2) is 0 Å². The molecule has 1 aromatic carbocycles. The van der Waals surface area contributed by atoms with Gasteiger partial charge in [-0.3, -0.25) is 4.79 Å². The monoisotopic (exact) mass is 204 g/mol. The van der Waals surface area contributed by atoms with E-state index >= 15 is 0 Å². The zero-order valence-electron chi connectivity index (χ0n) is 9.64. The van der Waals surface area contributed by atoms with Crippen LogP contribution in [-0.4, -0.2) is 16.5 Å². The lowest BCUT2D eigenvalue weighted by Crippen LogP contribution is -2.31. The summed E-state index contributed by atoms with van der Waals surface area (Å²) >= 11 is 0. The minimum Gasteiger partial charge on any atom is -0.382 e. The van der Waals surface area contributed by atoms with Crippen molar-refractivity contribution in [1.82, 2.24) is 0 Å². The Morgan fingerprint density at radius 2 is 1.87 bits per heavy atom. The number of rotatable bonds is 0. The molecule has 0 bridgehead atoms. The van der Waals surface area contributed by atoms with Crippen molar-refractivity contribution in [1.29, 1.82) is 0 Å². The summed E-state index contributed by atoms with van der Waals surface area (Å²) in [6.45, 7) is 7.62. The van der Waals surface area contributed by atoms with E-state index in [0.717, 1.165) is 22.3 Å². The van der Waals surface area contributed by atoms with Gasteiger partial charge in [-0.05, 0) is 49.9 Å². The number of hydrogen-bond acceptors (Lipinski definition) is 2. The topological polar surface area (TPSA) is 37.3 Å². The number of Topliss-reactive ketones (excluding diaryl/α,β-unsaturated/α-hetero) is 1. The van der Waals surface area contributed by atoms with Crippen molar-refractivity contribution in [2.24, 2.45) is 0 Å². The molecule has 1 aliphatic carbocycles. The second-order valence-corrected chi connectivity index (χ2v) is 4.76. The quantitative estimate of drug-likeness (QED) is 0.702. The van der Waals surface area contributed by atoms with Crippen LogP contribution in [-0.2, 0) is 6.42 Å². The minimum absolute atomic E-state index is 0.127. The van der Waals surface area contributed by atoms with E-state index in [1.54, 1.807) is 6.92 Å². The van der Waals surface area contributed by atoms with Crippen molar-refractivity contribution < 1.29 is 9.90 Å². The number of fused-ring (bicyclic) bond motifs is 1. The number of hydrogen-bond donors (Lipinski definition) is 1. The molecule has 0 aromatic heterocycles. The molecule has 2 heteroatoms. The lowest BCUT2D eigenvalue weighted by Gasteiger charge is -2.12. The SMILES string of the molecule is Cc1cc2c(c(C)c1C)C(=O)[C@](C)(O)C2. The van der Waals surface area contributed by atoms with Crippen LogP contribution in [0.5, 0.6) is 0 Å². The number of ketones is 1. The molecule has 2 nitrogen and oxygen atoms in total. The molecule has 0 radical (unpaired) electrons. The molecule has 1 N–H and O–H groups in total. The Morgan fingerprint density at radius 1 is 1.27 bits per heavy atom. The van der Waals surface area contributed by atoms with Crippen molar-refractivity contribution in [3.63, 3.8) is 0 Å². The van der Waals surface area contributed by atoms with Gasteiger partial charge in [-0.15, -0.1) is 0 Å². The van der Waals surface area contributed by atoms with Crippen molar-refractivity contribution in [2.45, 2.75) is 39.7 Å². The third kappa shape index (κ3) is 1.32. The first-order chi connectivity index (χ1) is 6.84.